The second kappa shape index (κ2) is 14.0. The molecule has 2 aliphatic heterocycles. The van der Waals surface area contributed by atoms with Gasteiger partial charge < -0.3 is 10.0 Å². The van der Waals surface area contributed by atoms with Crippen LogP contribution in [0.4, 0.5) is 31.5 Å². The molecule has 0 amide bonds. The van der Waals surface area contributed by atoms with Gasteiger partial charge in [-0.1, -0.05) is 30.4 Å². The van der Waals surface area contributed by atoms with Crippen molar-refractivity contribution in [3.05, 3.63) is 53.8 Å². The van der Waals surface area contributed by atoms with Crippen LogP contribution in [-0.4, -0.2) is 85.6 Å². The van der Waals surface area contributed by atoms with E-state index in [2.05, 4.69) is 16.7 Å². The first-order chi connectivity index (χ1) is 20.7. The molecule has 0 aliphatic carbocycles. The normalized spacial score (nSPS) is 18.3. The molecule has 0 saturated carbocycles. The monoisotopic (exact) mass is 666 g/mol. The second-order valence-electron chi connectivity index (χ2n) is 10.5. The molecule has 2 saturated heterocycles. The quantitative estimate of drug-likeness (QED) is 0.309. The van der Waals surface area contributed by atoms with E-state index in [-0.39, 0.29) is 42.7 Å². The number of benzene rings is 2. The molecule has 2 aromatic carbocycles. The van der Waals surface area contributed by atoms with Crippen LogP contribution in [0.1, 0.15) is 37.8 Å². The van der Waals surface area contributed by atoms with Gasteiger partial charge in [-0.05, 0) is 55.2 Å². The topological polar surface area (TPSA) is 94.0 Å². The van der Waals surface area contributed by atoms with E-state index in [4.69, 9.17) is 14.9 Å². The van der Waals surface area contributed by atoms with Crippen LogP contribution in [0.2, 0.25) is 0 Å². The molecule has 3 heterocycles. The number of piperazine rings is 1. The minimum atomic E-state index is -5.08. The minimum absolute atomic E-state index is 0.115. The number of piperidine rings is 1. The zero-order chi connectivity index (χ0) is 32.2. The SMILES string of the molecule is CCC(c1ccc(F)cc1)N1CCN(c2nc3ccc(S(=O)(=O)N4CCC(C(F)F)CC4)cc3s2)CC1.O=C(O)C(F)(F)F. The number of carboxylic acid groups (broad SMARTS) is 1. The van der Waals surface area contributed by atoms with E-state index in [1.54, 1.807) is 18.2 Å². The van der Waals surface area contributed by atoms with E-state index in [1.165, 1.54) is 27.8 Å². The summed E-state index contributed by atoms with van der Waals surface area (Å²) in [6, 6.07) is 11.9. The minimum Gasteiger partial charge on any atom is -0.475 e. The zero-order valence-corrected chi connectivity index (χ0v) is 25.3. The molecule has 0 spiro atoms. The van der Waals surface area contributed by atoms with E-state index in [9.17, 15) is 34.8 Å². The number of carboxylic acids is 1. The summed E-state index contributed by atoms with van der Waals surface area (Å²) in [5, 5.41) is 7.98. The molecule has 44 heavy (non-hydrogen) atoms. The summed E-state index contributed by atoms with van der Waals surface area (Å²) in [6.45, 7) is 5.65. The van der Waals surface area contributed by atoms with Gasteiger partial charge in [-0.25, -0.2) is 31.4 Å². The summed E-state index contributed by atoms with van der Waals surface area (Å²) < 4.78 is 99.5. The van der Waals surface area contributed by atoms with E-state index in [0.29, 0.717) is 0 Å². The Morgan fingerprint density at radius 1 is 1.02 bits per heavy atom. The Labute approximate surface area is 254 Å². The number of alkyl halides is 5. The summed E-state index contributed by atoms with van der Waals surface area (Å²) >= 11 is 1.47. The Kier molecular flexibility index (Phi) is 10.8. The lowest BCUT2D eigenvalue weighted by Gasteiger charge is -2.39. The molecule has 2 fully saturated rings. The number of carbonyl (C=O) groups is 1. The van der Waals surface area contributed by atoms with Crippen molar-refractivity contribution in [1.29, 1.82) is 0 Å². The number of hydrogen-bond donors (Lipinski definition) is 1. The first-order valence-electron chi connectivity index (χ1n) is 13.9. The molecule has 3 aromatic rings. The van der Waals surface area contributed by atoms with Crippen molar-refractivity contribution in [1.82, 2.24) is 14.2 Å². The number of nitrogens with zero attached hydrogens (tertiary/aromatic N) is 4. The van der Waals surface area contributed by atoms with Gasteiger partial charge in [-0.2, -0.15) is 17.5 Å². The van der Waals surface area contributed by atoms with Crippen molar-refractivity contribution in [2.75, 3.05) is 44.2 Å². The molecule has 5 rings (SSSR count). The molecule has 8 nitrogen and oxygen atoms in total. The standard InChI is InChI=1S/C26H31F3N4O2S2.C2HF3O2/c1-2-23(18-3-5-20(27)6-4-18)31-13-15-32(16-14-31)26-30-22-8-7-21(17-24(22)36-26)37(34,35)33-11-9-19(10-12-33)25(28)29;3-2(4,5)1(6)7/h3-8,17,19,23,25H,2,9-16H2,1H3;(H,6,7). The van der Waals surface area contributed by atoms with E-state index < -0.39 is 34.5 Å². The summed E-state index contributed by atoms with van der Waals surface area (Å²) in [4.78, 5) is 18.5. The maximum absolute atomic E-state index is 13.4. The largest absolute Gasteiger partial charge is 0.490 e. The summed E-state index contributed by atoms with van der Waals surface area (Å²) in [5.74, 6) is -3.72. The molecule has 16 heteroatoms. The first kappa shape index (κ1) is 33.9. The Bertz CT molecular complexity index is 1520. The molecule has 1 atom stereocenters. The fourth-order valence-corrected chi connectivity index (χ4v) is 7.95. The lowest BCUT2D eigenvalue weighted by atomic mass is 9.99. The third-order valence-electron chi connectivity index (χ3n) is 7.75. The van der Waals surface area contributed by atoms with E-state index >= 15 is 0 Å². The Hall–Kier alpha value is -2.95. The lowest BCUT2D eigenvalue weighted by Crippen LogP contribution is -2.47. The van der Waals surface area contributed by atoms with Crippen LogP contribution in [0.25, 0.3) is 10.2 Å². The van der Waals surface area contributed by atoms with Crippen LogP contribution in [0, 0.1) is 11.7 Å². The molecule has 242 valence electrons. The zero-order valence-electron chi connectivity index (χ0n) is 23.7. The summed E-state index contributed by atoms with van der Waals surface area (Å²) in [6.07, 6.45) is -6.20. The van der Waals surface area contributed by atoms with Crippen LogP contribution in [0.5, 0.6) is 0 Å². The summed E-state index contributed by atoms with van der Waals surface area (Å²) in [5.41, 5.74) is 1.86. The second-order valence-corrected chi connectivity index (χ2v) is 13.5. The fraction of sp³-hybridized carbons (Fsp3) is 0.500. The van der Waals surface area contributed by atoms with Gasteiger partial charge in [0.1, 0.15) is 5.82 Å². The smallest absolute Gasteiger partial charge is 0.475 e. The third-order valence-corrected chi connectivity index (χ3v) is 10.7. The predicted octanol–water partition coefficient (Wildman–Crippen LogP) is 6.01. The van der Waals surface area contributed by atoms with Crippen molar-refractivity contribution >= 4 is 42.7 Å². The van der Waals surface area contributed by atoms with Crippen molar-refractivity contribution in [2.45, 2.75) is 49.7 Å². The van der Waals surface area contributed by atoms with E-state index in [1.807, 2.05) is 12.1 Å². The Morgan fingerprint density at radius 2 is 1.61 bits per heavy atom. The van der Waals surface area contributed by atoms with Gasteiger partial charge in [0.25, 0.3) is 0 Å². The highest BCUT2D eigenvalue weighted by Gasteiger charge is 2.38. The van der Waals surface area contributed by atoms with Crippen LogP contribution in [0.3, 0.4) is 0 Å². The Balaban J connectivity index is 0.000000566. The molecular weight excluding hydrogens is 634 g/mol. The lowest BCUT2D eigenvalue weighted by molar-refractivity contribution is -0.192. The van der Waals surface area contributed by atoms with Crippen molar-refractivity contribution in [3.63, 3.8) is 0 Å². The highest BCUT2D eigenvalue weighted by Crippen LogP contribution is 2.34. The maximum atomic E-state index is 13.4. The number of fused-ring (bicyclic) bond motifs is 1. The van der Waals surface area contributed by atoms with E-state index in [0.717, 1.165) is 53.5 Å². The van der Waals surface area contributed by atoms with Gasteiger partial charge in [0, 0.05) is 51.2 Å². The average Bonchev–Trinajstić information content (AvgIpc) is 3.42. The van der Waals surface area contributed by atoms with Crippen LogP contribution < -0.4 is 4.90 Å². The molecule has 2 aliphatic rings. The fourth-order valence-electron chi connectivity index (χ4n) is 5.32. The van der Waals surface area contributed by atoms with Crippen LogP contribution in [-0.2, 0) is 14.8 Å². The highest BCUT2D eigenvalue weighted by molar-refractivity contribution is 7.89. The van der Waals surface area contributed by atoms with Gasteiger partial charge in [-0.3, -0.25) is 4.90 Å². The van der Waals surface area contributed by atoms with Gasteiger partial charge in [0.2, 0.25) is 16.4 Å². The third kappa shape index (κ3) is 8.00. The van der Waals surface area contributed by atoms with Gasteiger partial charge in [-0.15, -0.1) is 0 Å². The maximum Gasteiger partial charge on any atom is 0.490 e. The molecule has 1 N–H and O–H groups in total. The number of aliphatic carboxylic acids is 1. The van der Waals surface area contributed by atoms with Gasteiger partial charge in [0.05, 0.1) is 15.1 Å². The number of sulfonamides is 1. The highest BCUT2D eigenvalue weighted by atomic mass is 32.2. The van der Waals surface area contributed by atoms with Crippen LogP contribution in [0.15, 0.2) is 47.4 Å². The molecular formula is C28H32F6N4O4S2. The molecule has 0 bridgehead atoms. The predicted molar refractivity (Wildman–Crippen MR) is 154 cm³/mol. The van der Waals surface area contributed by atoms with Crippen molar-refractivity contribution in [2.24, 2.45) is 5.92 Å². The van der Waals surface area contributed by atoms with Crippen LogP contribution >= 0.6 is 11.3 Å². The molecule has 0 radical (unpaired) electrons. The number of anilines is 1. The van der Waals surface area contributed by atoms with Crippen molar-refractivity contribution < 1.29 is 44.7 Å². The first-order valence-corrected chi connectivity index (χ1v) is 16.2. The number of halogens is 6. The Morgan fingerprint density at radius 3 is 2.14 bits per heavy atom. The van der Waals surface area contributed by atoms with Crippen molar-refractivity contribution in [3.8, 4) is 0 Å². The average molecular weight is 667 g/mol. The number of hydrogen-bond acceptors (Lipinski definition) is 7. The number of rotatable bonds is 7. The summed E-state index contributed by atoms with van der Waals surface area (Å²) in [7, 11) is -3.74. The molecule has 1 aromatic heterocycles. The van der Waals surface area contributed by atoms with Gasteiger partial charge in [0.15, 0.2) is 5.13 Å². The number of thiazole rings is 1. The van der Waals surface area contributed by atoms with Gasteiger partial charge >= 0.3 is 12.1 Å². The molecule has 1 unspecified atom stereocenters. The number of aromatic nitrogens is 1.